The molecule has 0 saturated heterocycles. The van der Waals surface area contributed by atoms with Gasteiger partial charge in [-0.3, -0.25) is 4.57 Å². The molecule has 2 N–H and O–H groups in total. The first kappa shape index (κ1) is 12.5. The lowest BCUT2D eigenvalue weighted by Gasteiger charge is -2.08. The van der Waals surface area contributed by atoms with Crippen LogP contribution in [0.3, 0.4) is 0 Å². The molecule has 0 aliphatic carbocycles. The van der Waals surface area contributed by atoms with Gasteiger partial charge in [0.2, 0.25) is 5.95 Å². The van der Waals surface area contributed by atoms with Crippen LogP contribution >= 0.6 is 34.8 Å². The van der Waals surface area contributed by atoms with Crippen molar-refractivity contribution in [1.29, 1.82) is 0 Å². The molecule has 2 heterocycles. The van der Waals surface area contributed by atoms with Crippen molar-refractivity contribution in [3.63, 3.8) is 0 Å². The van der Waals surface area contributed by atoms with Crippen molar-refractivity contribution in [2.24, 2.45) is 0 Å². The van der Waals surface area contributed by atoms with E-state index in [9.17, 15) is 0 Å². The van der Waals surface area contributed by atoms with Crippen LogP contribution in [0, 0.1) is 0 Å². The SMILES string of the molecule is Nc1nc2cc(Cl)cnc2n1-c1ccc(Cl)cc1Cl. The number of benzene rings is 1. The van der Waals surface area contributed by atoms with Gasteiger partial charge in [-0.15, -0.1) is 0 Å². The van der Waals surface area contributed by atoms with Crippen LogP contribution in [0.25, 0.3) is 16.9 Å². The minimum absolute atomic E-state index is 0.286. The van der Waals surface area contributed by atoms with Crippen LogP contribution in [0.2, 0.25) is 15.1 Å². The zero-order valence-corrected chi connectivity index (χ0v) is 11.7. The number of nitrogen functional groups attached to an aromatic ring is 1. The van der Waals surface area contributed by atoms with Crippen LogP contribution in [-0.4, -0.2) is 14.5 Å². The number of hydrogen-bond donors (Lipinski definition) is 1. The molecule has 1 aromatic carbocycles. The number of rotatable bonds is 1. The molecule has 0 radical (unpaired) electrons. The van der Waals surface area contributed by atoms with Crippen LogP contribution in [0.15, 0.2) is 30.5 Å². The van der Waals surface area contributed by atoms with Gasteiger partial charge < -0.3 is 5.73 Å². The molecule has 0 unspecified atom stereocenters. The normalized spacial score (nSPS) is 11.1. The minimum atomic E-state index is 0.286. The highest BCUT2D eigenvalue weighted by Crippen LogP contribution is 2.29. The van der Waals surface area contributed by atoms with Gasteiger partial charge in [-0.2, -0.15) is 0 Å². The minimum Gasteiger partial charge on any atom is -0.369 e. The highest BCUT2D eigenvalue weighted by Gasteiger charge is 2.14. The Morgan fingerprint density at radius 3 is 2.58 bits per heavy atom. The summed E-state index contributed by atoms with van der Waals surface area (Å²) in [6.07, 6.45) is 1.53. The lowest BCUT2D eigenvalue weighted by molar-refractivity contribution is 1.08. The van der Waals surface area contributed by atoms with Gasteiger partial charge in [0.05, 0.1) is 15.7 Å². The fourth-order valence-electron chi connectivity index (χ4n) is 1.86. The average Bonchev–Trinajstić information content (AvgIpc) is 2.65. The number of nitrogens with two attached hydrogens (primary N) is 1. The Hall–Kier alpha value is -1.49. The quantitative estimate of drug-likeness (QED) is 0.739. The fourth-order valence-corrected chi connectivity index (χ4v) is 2.50. The molecule has 0 bridgehead atoms. The average molecular weight is 314 g/mol. The Bertz CT molecular complexity index is 782. The molecular formula is C12H7Cl3N4. The maximum Gasteiger partial charge on any atom is 0.207 e. The number of anilines is 1. The zero-order chi connectivity index (χ0) is 13.6. The first-order valence-electron chi connectivity index (χ1n) is 5.31. The Morgan fingerprint density at radius 2 is 1.84 bits per heavy atom. The third kappa shape index (κ3) is 2.12. The van der Waals surface area contributed by atoms with E-state index in [1.54, 1.807) is 28.8 Å². The van der Waals surface area contributed by atoms with Gasteiger partial charge in [0.25, 0.3) is 0 Å². The maximum atomic E-state index is 6.18. The van der Waals surface area contributed by atoms with E-state index in [2.05, 4.69) is 9.97 Å². The summed E-state index contributed by atoms with van der Waals surface area (Å²) in [5.41, 5.74) is 7.78. The molecule has 0 amide bonds. The topological polar surface area (TPSA) is 56.7 Å². The van der Waals surface area contributed by atoms with Crippen LogP contribution in [0.5, 0.6) is 0 Å². The summed E-state index contributed by atoms with van der Waals surface area (Å²) in [5.74, 6) is 0.286. The number of aromatic nitrogens is 3. The van der Waals surface area contributed by atoms with E-state index in [4.69, 9.17) is 40.5 Å². The summed E-state index contributed by atoms with van der Waals surface area (Å²) >= 11 is 17.9. The summed E-state index contributed by atoms with van der Waals surface area (Å²) in [6, 6.07) is 6.82. The Kier molecular flexibility index (Phi) is 3.01. The van der Waals surface area contributed by atoms with Gasteiger partial charge in [0.1, 0.15) is 5.52 Å². The molecule has 19 heavy (non-hydrogen) atoms. The van der Waals surface area contributed by atoms with E-state index in [-0.39, 0.29) is 5.95 Å². The van der Waals surface area contributed by atoms with Crippen molar-refractivity contribution in [3.05, 3.63) is 45.5 Å². The van der Waals surface area contributed by atoms with Crippen LogP contribution < -0.4 is 5.73 Å². The number of halogens is 3. The predicted octanol–water partition coefficient (Wildman–Crippen LogP) is 3.96. The van der Waals surface area contributed by atoms with Gasteiger partial charge in [-0.05, 0) is 24.3 Å². The Balaban J connectivity index is 2.33. The smallest absolute Gasteiger partial charge is 0.207 e. The first-order chi connectivity index (χ1) is 9.06. The fraction of sp³-hybridized carbons (Fsp3) is 0. The molecule has 3 rings (SSSR count). The van der Waals surface area contributed by atoms with Gasteiger partial charge in [0.15, 0.2) is 5.65 Å². The highest BCUT2D eigenvalue weighted by molar-refractivity contribution is 6.35. The van der Waals surface area contributed by atoms with Gasteiger partial charge in [-0.25, -0.2) is 9.97 Å². The maximum absolute atomic E-state index is 6.18. The van der Waals surface area contributed by atoms with Gasteiger partial charge >= 0.3 is 0 Å². The van der Waals surface area contributed by atoms with Crippen molar-refractivity contribution < 1.29 is 0 Å². The van der Waals surface area contributed by atoms with E-state index < -0.39 is 0 Å². The second kappa shape index (κ2) is 4.56. The number of hydrogen-bond acceptors (Lipinski definition) is 3. The summed E-state index contributed by atoms with van der Waals surface area (Å²) < 4.78 is 1.66. The van der Waals surface area contributed by atoms with Crippen LogP contribution in [-0.2, 0) is 0 Å². The standard InChI is InChI=1S/C12H7Cl3N4/c13-6-1-2-10(8(15)3-6)19-11-9(18-12(19)16)4-7(14)5-17-11/h1-5H,(H2,16,18). The Labute approximate surface area is 123 Å². The number of nitrogens with zero attached hydrogens (tertiary/aromatic N) is 3. The van der Waals surface area contributed by atoms with Crippen molar-refractivity contribution in [2.45, 2.75) is 0 Å². The van der Waals surface area contributed by atoms with E-state index in [1.165, 1.54) is 6.20 Å². The number of fused-ring (bicyclic) bond motifs is 1. The summed E-state index contributed by atoms with van der Waals surface area (Å²) in [4.78, 5) is 8.45. The molecule has 0 aliphatic heterocycles. The number of imidazole rings is 1. The van der Waals surface area contributed by atoms with Gasteiger partial charge in [0, 0.05) is 11.2 Å². The molecule has 7 heteroatoms. The molecule has 4 nitrogen and oxygen atoms in total. The molecule has 3 aromatic rings. The van der Waals surface area contributed by atoms with E-state index >= 15 is 0 Å². The Morgan fingerprint density at radius 1 is 1.05 bits per heavy atom. The highest BCUT2D eigenvalue weighted by atomic mass is 35.5. The second-order valence-electron chi connectivity index (χ2n) is 3.90. The third-order valence-electron chi connectivity index (χ3n) is 2.64. The van der Waals surface area contributed by atoms with E-state index in [0.29, 0.717) is 31.9 Å². The van der Waals surface area contributed by atoms with Crippen molar-refractivity contribution in [2.75, 3.05) is 5.73 Å². The largest absolute Gasteiger partial charge is 0.369 e. The second-order valence-corrected chi connectivity index (χ2v) is 5.18. The number of pyridine rings is 1. The molecule has 0 fully saturated rings. The lowest BCUT2D eigenvalue weighted by Crippen LogP contribution is -2.02. The van der Waals surface area contributed by atoms with Crippen molar-refractivity contribution >= 4 is 51.9 Å². The van der Waals surface area contributed by atoms with Crippen molar-refractivity contribution in [3.8, 4) is 5.69 Å². The summed E-state index contributed by atoms with van der Waals surface area (Å²) in [7, 11) is 0. The molecule has 0 spiro atoms. The molecule has 0 saturated carbocycles. The predicted molar refractivity (Wildman–Crippen MR) is 78.3 cm³/mol. The molecule has 96 valence electrons. The lowest BCUT2D eigenvalue weighted by atomic mass is 10.3. The van der Waals surface area contributed by atoms with E-state index in [1.807, 2.05) is 0 Å². The monoisotopic (exact) mass is 312 g/mol. The van der Waals surface area contributed by atoms with Crippen molar-refractivity contribution in [1.82, 2.24) is 14.5 Å². The first-order valence-corrected chi connectivity index (χ1v) is 6.44. The summed E-state index contributed by atoms with van der Waals surface area (Å²) in [6.45, 7) is 0. The zero-order valence-electron chi connectivity index (χ0n) is 9.44. The van der Waals surface area contributed by atoms with E-state index in [0.717, 1.165) is 0 Å². The molecule has 2 aromatic heterocycles. The third-order valence-corrected chi connectivity index (χ3v) is 3.38. The van der Waals surface area contributed by atoms with Crippen LogP contribution in [0.4, 0.5) is 5.95 Å². The molecule has 0 atom stereocenters. The summed E-state index contributed by atoms with van der Waals surface area (Å²) in [5, 5.41) is 1.52. The van der Waals surface area contributed by atoms with Crippen LogP contribution in [0.1, 0.15) is 0 Å². The molecule has 0 aliphatic rings. The van der Waals surface area contributed by atoms with Gasteiger partial charge in [-0.1, -0.05) is 34.8 Å². The molecular weight excluding hydrogens is 307 g/mol.